The van der Waals surface area contributed by atoms with Crippen molar-refractivity contribution < 1.29 is 27.1 Å². The average molecular weight is 623 g/mol. The maximum atomic E-state index is 13.9. The molecule has 2 fully saturated rings. The van der Waals surface area contributed by atoms with Crippen molar-refractivity contribution in [2.75, 3.05) is 39.4 Å². The third kappa shape index (κ3) is 8.95. The van der Waals surface area contributed by atoms with Crippen molar-refractivity contribution in [3.63, 3.8) is 0 Å². The number of morpholine rings is 1. The Hall–Kier alpha value is -3.64. The Morgan fingerprint density at radius 2 is 1.59 bits per heavy atom. The number of sulfonamides is 1. The third-order valence-electron chi connectivity index (χ3n) is 7.85. The second-order valence-electron chi connectivity index (χ2n) is 11.2. The van der Waals surface area contributed by atoms with Gasteiger partial charge in [0.2, 0.25) is 21.8 Å². The molecule has 0 bridgehead atoms. The lowest BCUT2D eigenvalue weighted by atomic mass is 10.0. The first-order valence-electron chi connectivity index (χ1n) is 15.1. The highest BCUT2D eigenvalue weighted by molar-refractivity contribution is 7.89. The molecule has 1 saturated heterocycles. The largest absolute Gasteiger partial charge is 0.379 e. The zero-order valence-electron chi connectivity index (χ0n) is 24.7. The summed E-state index contributed by atoms with van der Waals surface area (Å²) in [5, 5.41) is 3.03. The second-order valence-corrected chi connectivity index (χ2v) is 13.0. The molecule has 1 heterocycles. The fourth-order valence-corrected chi connectivity index (χ4v) is 6.50. The van der Waals surface area contributed by atoms with Crippen LogP contribution in [-0.4, -0.2) is 75.5 Å². The summed E-state index contributed by atoms with van der Waals surface area (Å²) >= 11 is 0. The average Bonchev–Trinajstić information content (AvgIpc) is 3.85. The van der Waals surface area contributed by atoms with Gasteiger partial charge < -0.3 is 15.0 Å². The van der Waals surface area contributed by atoms with Crippen LogP contribution >= 0.6 is 0 Å². The Balaban J connectivity index is 1.32. The number of hydrogen-bond acceptors (Lipinski definition) is 6. The van der Waals surface area contributed by atoms with Gasteiger partial charge in [0.05, 0.1) is 18.1 Å². The Morgan fingerprint density at radius 1 is 0.932 bits per heavy atom. The van der Waals surface area contributed by atoms with Crippen LogP contribution < -0.4 is 10.0 Å². The number of carbonyl (C=O) groups is 2. The molecular formula is C33H39FN4O5S. The van der Waals surface area contributed by atoms with E-state index in [1.54, 1.807) is 41.3 Å². The van der Waals surface area contributed by atoms with Gasteiger partial charge in [0.15, 0.2) is 0 Å². The highest BCUT2D eigenvalue weighted by atomic mass is 32.2. The predicted molar refractivity (Wildman–Crippen MR) is 165 cm³/mol. The smallest absolute Gasteiger partial charge is 0.247 e. The number of ether oxygens (including phenoxy) is 1. The van der Waals surface area contributed by atoms with Crippen LogP contribution in [-0.2, 0) is 37.3 Å². The van der Waals surface area contributed by atoms with Crippen LogP contribution in [0.25, 0.3) is 0 Å². The first kappa shape index (κ1) is 31.8. The van der Waals surface area contributed by atoms with Gasteiger partial charge >= 0.3 is 0 Å². The van der Waals surface area contributed by atoms with Gasteiger partial charge in [-0.05, 0) is 60.2 Å². The summed E-state index contributed by atoms with van der Waals surface area (Å²) < 4.78 is 46.9. The van der Waals surface area contributed by atoms with Crippen molar-refractivity contribution in [3.8, 4) is 0 Å². The molecule has 2 amide bonds. The number of amides is 2. The van der Waals surface area contributed by atoms with E-state index in [0.717, 1.165) is 31.5 Å². The fraction of sp³-hybridized carbons (Fsp3) is 0.394. The van der Waals surface area contributed by atoms with E-state index in [9.17, 15) is 22.4 Å². The van der Waals surface area contributed by atoms with Gasteiger partial charge in [0.25, 0.3) is 0 Å². The minimum Gasteiger partial charge on any atom is -0.379 e. The van der Waals surface area contributed by atoms with Crippen LogP contribution in [0.4, 0.5) is 4.39 Å². The lowest BCUT2D eigenvalue weighted by Crippen LogP contribution is -2.46. The highest BCUT2D eigenvalue weighted by Crippen LogP contribution is 2.26. The number of rotatable bonds is 14. The Labute approximate surface area is 258 Å². The second kappa shape index (κ2) is 14.9. The van der Waals surface area contributed by atoms with Gasteiger partial charge in [-0.25, -0.2) is 17.5 Å². The summed E-state index contributed by atoms with van der Waals surface area (Å²) in [5.41, 5.74) is 2.17. The van der Waals surface area contributed by atoms with Crippen molar-refractivity contribution in [2.24, 2.45) is 0 Å². The molecule has 1 aliphatic carbocycles. The number of aryl methyl sites for hydroxylation is 1. The summed E-state index contributed by atoms with van der Waals surface area (Å²) in [6.45, 7) is 4.14. The number of halogens is 1. The van der Waals surface area contributed by atoms with Gasteiger partial charge in [-0.15, -0.1) is 0 Å². The van der Waals surface area contributed by atoms with Gasteiger partial charge in [-0.1, -0.05) is 54.6 Å². The molecule has 1 aliphatic heterocycles. The van der Waals surface area contributed by atoms with Gasteiger partial charge in [0.1, 0.15) is 11.9 Å². The number of nitrogens with one attached hydrogen (secondary N) is 2. The Morgan fingerprint density at radius 3 is 2.25 bits per heavy atom. The SMILES string of the molecule is O=C(NCCN1CCOCC1)[C@@H](c1ccccc1)N(Cc1ccc(F)cc1)C(=O)CCc1ccc(S(=O)(=O)NC2CC2)cc1. The third-order valence-corrected chi connectivity index (χ3v) is 9.39. The summed E-state index contributed by atoms with van der Waals surface area (Å²) in [6, 6.07) is 20.7. The van der Waals surface area contributed by atoms with Gasteiger partial charge in [-0.2, -0.15) is 0 Å². The normalized spacial score (nSPS) is 16.3. The maximum absolute atomic E-state index is 13.9. The van der Waals surface area contributed by atoms with Crippen LogP contribution in [0.15, 0.2) is 83.8 Å². The van der Waals surface area contributed by atoms with Gasteiger partial charge in [-0.3, -0.25) is 14.5 Å². The molecule has 2 N–H and O–H groups in total. The number of carbonyl (C=O) groups excluding carboxylic acids is 2. The van der Waals surface area contributed by atoms with E-state index in [0.29, 0.717) is 43.9 Å². The lowest BCUT2D eigenvalue weighted by molar-refractivity contribution is -0.141. The molecule has 44 heavy (non-hydrogen) atoms. The minimum absolute atomic E-state index is 0.0125. The van der Waals surface area contributed by atoms with E-state index < -0.39 is 16.1 Å². The van der Waals surface area contributed by atoms with Crippen LogP contribution in [0.2, 0.25) is 0 Å². The van der Waals surface area contributed by atoms with E-state index >= 15 is 0 Å². The molecule has 5 rings (SSSR count). The number of benzene rings is 3. The molecule has 11 heteroatoms. The molecule has 234 valence electrons. The van der Waals surface area contributed by atoms with E-state index in [1.165, 1.54) is 12.1 Å². The molecule has 1 saturated carbocycles. The molecule has 0 unspecified atom stereocenters. The number of hydrogen-bond donors (Lipinski definition) is 2. The van der Waals surface area contributed by atoms with Crippen LogP contribution in [0.5, 0.6) is 0 Å². The molecule has 9 nitrogen and oxygen atoms in total. The summed E-state index contributed by atoms with van der Waals surface area (Å²) in [4.78, 5) is 31.7. The molecule has 0 radical (unpaired) electrons. The number of nitrogens with zero attached hydrogens (tertiary/aromatic N) is 2. The quantitative estimate of drug-likeness (QED) is 0.285. The van der Waals surface area contributed by atoms with Crippen molar-refractivity contribution in [3.05, 3.63) is 101 Å². The summed E-state index contributed by atoms with van der Waals surface area (Å²) in [6.07, 6.45) is 2.15. The molecule has 3 aromatic carbocycles. The molecule has 1 atom stereocenters. The minimum atomic E-state index is -3.57. The Kier molecular flexibility index (Phi) is 10.8. The first-order chi connectivity index (χ1) is 21.3. The van der Waals surface area contributed by atoms with Crippen molar-refractivity contribution >= 4 is 21.8 Å². The molecule has 0 aromatic heterocycles. The van der Waals surface area contributed by atoms with E-state index in [2.05, 4.69) is 14.9 Å². The molecule has 2 aliphatic rings. The molecule has 0 spiro atoms. The van der Waals surface area contributed by atoms with Crippen LogP contribution in [0, 0.1) is 5.82 Å². The highest BCUT2D eigenvalue weighted by Gasteiger charge is 2.32. The summed E-state index contributed by atoms with van der Waals surface area (Å²) in [5.74, 6) is -0.930. The monoisotopic (exact) mass is 622 g/mol. The van der Waals surface area contributed by atoms with E-state index in [1.807, 2.05) is 30.3 Å². The topological polar surface area (TPSA) is 108 Å². The maximum Gasteiger partial charge on any atom is 0.247 e. The van der Waals surface area contributed by atoms with Crippen LogP contribution in [0.3, 0.4) is 0 Å². The molecular weight excluding hydrogens is 583 g/mol. The first-order valence-corrected chi connectivity index (χ1v) is 16.5. The lowest BCUT2D eigenvalue weighted by Gasteiger charge is -2.32. The van der Waals surface area contributed by atoms with Crippen molar-refractivity contribution in [1.82, 2.24) is 19.8 Å². The van der Waals surface area contributed by atoms with Crippen molar-refractivity contribution in [1.29, 1.82) is 0 Å². The zero-order chi connectivity index (χ0) is 30.9. The fourth-order valence-electron chi connectivity index (χ4n) is 5.20. The van der Waals surface area contributed by atoms with Crippen molar-refractivity contribution in [2.45, 2.75) is 49.2 Å². The standard InChI is InChI=1S/C33H39FN4O5S/c34-28-11-6-26(7-12-28)24-38(31(39)17-10-25-8-15-30(16-9-25)44(41,42)36-29-13-14-29)32(27-4-2-1-3-5-27)33(40)35-18-19-37-20-22-43-23-21-37/h1-9,11-12,15-16,29,32,36H,10,13-14,17-24H2,(H,35,40)/t32-/m1/s1. The summed E-state index contributed by atoms with van der Waals surface area (Å²) in [7, 11) is -3.57. The molecule has 3 aromatic rings. The Bertz CT molecular complexity index is 1490. The zero-order valence-corrected chi connectivity index (χ0v) is 25.5. The predicted octanol–water partition coefficient (Wildman–Crippen LogP) is 3.42. The van der Waals surface area contributed by atoms with E-state index in [4.69, 9.17) is 4.74 Å². The van der Waals surface area contributed by atoms with Crippen LogP contribution in [0.1, 0.15) is 42.0 Å². The van der Waals surface area contributed by atoms with E-state index in [-0.39, 0.29) is 41.5 Å². The van der Waals surface area contributed by atoms with Gasteiger partial charge in [0, 0.05) is 45.2 Å².